The average molecular weight is 529 g/mol. The fourth-order valence-electron chi connectivity index (χ4n) is 5.03. The van der Waals surface area contributed by atoms with E-state index in [1.807, 2.05) is 0 Å². The van der Waals surface area contributed by atoms with Gasteiger partial charge in [0.1, 0.15) is 5.82 Å². The second-order valence-electron chi connectivity index (χ2n) is 9.69. The molecule has 5 N–H and O–H groups in total. The number of carboxylic acid groups (broad SMARTS) is 1. The first kappa shape index (κ1) is 28.4. The number of nitrogens with one attached hydrogen (secondary N) is 2. The summed E-state index contributed by atoms with van der Waals surface area (Å²) in [5, 5.41) is 14.3. The van der Waals surface area contributed by atoms with E-state index in [2.05, 4.69) is 10.6 Å². The number of nitrogens with two attached hydrogens (primary N) is 1. The van der Waals surface area contributed by atoms with Crippen molar-refractivity contribution in [3.8, 4) is 0 Å². The van der Waals surface area contributed by atoms with Crippen LogP contribution in [0, 0.1) is 17.7 Å². The molecular formula is C25H38ClFN4O5. The summed E-state index contributed by atoms with van der Waals surface area (Å²) >= 11 is 6.08. The Kier molecular flexibility index (Phi) is 11.5. The summed E-state index contributed by atoms with van der Waals surface area (Å²) in [5.41, 5.74) is 6.86. The van der Waals surface area contributed by atoms with Gasteiger partial charge in [-0.25, -0.2) is 14.0 Å². The first-order valence-electron chi connectivity index (χ1n) is 12.7. The molecule has 1 aromatic rings. The molecule has 1 aromatic carbocycles. The number of hydrogen-bond acceptors (Lipinski definition) is 5. The van der Waals surface area contributed by atoms with Crippen LogP contribution in [0.15, 0.2) is 18.2 Å². The lowest BCUT2D eigenvalue weighted by Crippen LogP contribution is -2.49. The van der Waals surface area contributed by atoms with Gasteiger partial charge in [0.15, 0.2) is 0 Å². The lowest BCUT2D eigenvalue weighted by Gasteiger charge is -2.37. The number of amides is 3. The molecule has 9 nitrogen and oxygen atoms in total. The maximum Gasteiger partial charge on any atom is 0.404 e. The molecule has 0 aromatic heterocycles. The Balaban J connectivity index is 1.57. The van der Waals surface area contributed by atoms with E-state index in [4.69, 9.17) is 31.9 Å². The van der Waals surface area contributed by atoms with Crippen LogP contribution in [-0.4, -0.2) is 74.2 Å². The van der Waals surface area contributed by atoms with Crippen LogP contribution in [0.4, 0.5) is 14.0 Å². The molecule has 1 unspecified atom stereocenters. The van der Waals surface area contributed by atoms with Gasteiger partial charge in [0.25, 0.3) is 0 Å². The van der Waals surface area contributed by atoms with Crippen LogP contribution < -0.4 is 16.4 Å². The van der Waals surface area contributed by atoms with Crippen LogP contribution in [0.5, 0.6) is 0 Å². The Bertz CT molecular complexity index is 835. The van der Waals surface area contributed by atoms with Crippen molar-refractivity contribution in [3.63, 3.8) is 0 Å². The number of urea groups is 1. The first-order valence-corrected chi connectivity index (χ1v) is 13.1. The summed E-state index contributed by atoms with van der Waals surface area (Å²) in [5.74, 6) is -0.164. The molecule has 2 heterocycles. The van der Waals surface area contributed by atoms with Gasteiger partial charge < -0.3 is 35.8 Å². The van der Waals surface area contributed by atoms with Gasteiger partial charge in [-0.3, -0.25) is 0 Å². The van der Waals surface area contributed by atoms with Crippen molar-refractivity contribution in [3.05, 3.63) is 34.6 Å². The molecule has 2 aliphatic heterocycles. The van der Waals surface area contributed by atoms with Gasteiger partial charge in [0.05, 0.1) is 12.7 Å². The smallest absolute Gasteiger partial charge is 0.404 e. The Labute approximate surface area is 216 Å². The van der Waals surface area contributed by atoms with Crippen LogP contribution in [-0.2, 0) is 9.47 Å². The molecule has 3 rings (SSSR count). The monoisotopic (exact) mass is 528 g/mol. The molecule has 2 fully saturated rings. The summed E-state index contributed by atoms with van der Waals surface area (Å²) < 4.78 is 25.7. The van der Waals surface area contributed by atoms with Gasteiger partial charge in [-0.05, 0) is 61.8 Å². The van der Waals surface area contributed by atoms with Crippen molar-refractivity contribution in [1.82, 2.24) is 15.5 Å². The van der Waals surface area contributed by atoms with E-state index in [1.54, 1.807) is 11.0 Å². The Morgan fingerprint density at radius 2 is 2.08 bits per heavy atom. The number of carbonyl (C=O) groups excluding carboxylic acids is 1. The van der Waals surface area contributed by atoms with Gasteiger partial charge in [-0.2, -0.15) is 0 Å². The van der Waals surface area contributed by atoms with E-state index in [9.17, 15) is 14.0 Å². The van der Waals surface area contributed by atoms with Gasteiger partial charge in [0.2, 0.25) is 0 Å². The molecule has 0 radical (unpaired) electrons. The summed E-state index contributed by atoms with van der Waals surface area (Å²) in [4.78, 5) is 25.4. The predicted octanol–water partition coefficient (Wildman–Crippen LogP) is 3.76. The van der Waals surface area contributed by atoms with Crippen LogP contribution >= 0.6 is 11.6 Å². The van der Waals surface area contributed by atoms with Crippen molar-refractivity contribution < 1.29 is 28.6 Å². The van der Waals surface area contributed by atoms with E-state index >= 15 is 0 Å². The van der Waals surface area contributed by atoms with Gasteiger partial charge in [-0.1, -0.05) is 18.0 Å². The molecular weight excluding hydrogens is 491 g/mol. The van der Waals surface area contributed by atoms with Crippen LogP contribution in [0.1, 0.15) is 50.2 Å². The number of nitrogens with zero attached hydrogens (tertiary/aromatic N) is 1. The molecule has 11 heteroatoms. The SMILES string of the molecule is N[C@@H](CNC(=O)N1CCC[C@@H](C(OCCNC(=O)O)c2cc(F)cc(Cl)c2)C1)C[C@H]1CCCCOC1. The minimum absolute atomic E-state index is 0.0930. The maximum atomic E-state index is 14.1. The standard InChI is InChI=1S/C25H38ClFN4O5/c26-20-11-19(12-21(27)13-20)23(36-9-6-29-25(33)34)18-5-3-7-31(15-18)24(32)30-14-22(28)10-17-4-1-2-8-35-16-17/h11-13,17-18,22-23,29H,1-10,14-16,28H2,(H,30,32)(H,33,34)/t17-,18-,22-,23?/m1/s1. The third kappa shape index (κ3) is 9.38. The number of rotatable bonds is 10. The van der Waals surface area contributed by atoms with E-state index in [-0.39, 0.29) is 36.2 Å². The number of likely N-dealkylation sites (tertiary alicyclic amines) is 1. The third-order valence-electron chi connectivity index (χ3n) is 6.72. The van der Waals surface area contributed by atoms with Crippen molar-refractivity contribution in [2.75, 3.05) is 46.0 Å². The van der Waals surface area contributed by atoms with Crippen molar-refractivity contribution in [2.45, 2.75) is 50.7 Å². The zero-order valence-electron chi connectivity index (χ0n) is 20.6. The quantitative estimate of drug-likeness (QED) is 0.342. The molecule has 2 saturated heterocycles. The van der Waals surface area contributed by atoms with Gasteiger partial charge in [-0.15, -0.1) is 0 Å². The molecule has 3 amide bonds. The second-order valence-corrected chi connectivity index (χ2v) is 10.1. The summed E-state index contributed by atoms with van der Waals surface area (Å²) in [6, 6.07) is 3.91. The van der Waals surface area contributed by atoms with Crippen LogP contribution in [0.25, 0.3) is 0 Å². The van der Waals surface area contributed by atoms with E-state index in [1.165, 1.54) is 12.1 Å². The molecule has 4 atom stereocenters. The number of piperidine rings is 1. The topological polar surface area (TPSA) is 126 Å². The van der Waals surface area contributed by atoms with Gasteiger partial charge >= 0.3 is 12.1 Å². The minimum atomic E-state index is -1.14. The fraction of sp³-hybridized carbons (Fsp3) is 0.680. The fourth-order valence-corrected chi connectivity index (χ4v) is 5.26. The number of halogens is 2. The summed E-state index contributed by atoms with van der Waals surface area (Å²) in [6.07, 6.45) is 3.99. The van der Waals surface area contributed by atoms with E-state index < -0.39 is 18.0 Å². The highest BCUT2D eigenvalue weighted by Crippen LogP contribution is 2.34. The zero-order chi connectivity index (χ0) is 25.9. The molecule has 2 aliphatic rings. The summed E-state index contributed by atoms with van der Waals surface area (Å²) in [6.45, 7) is 3.14. The molecule has 202 valence electrons. The third-order valence-corrected chi connectivity index (χ3v) is 6.94. The molecule has 36 heavy (non-hydrogen) atoms. The number of ether oxygens (including phenoxy) is 2. The van der Waals surface area contributed by atoms with Crippen molar-refractivity contribution in [2.24, 2.45) is 17.6 Å². The lowest BCUT2D eigenvalue weighted by atomic mass is 9.88. The number of benzene rings is 1. The van der Waals surface area contributed by atoms with Crippen molar-refractivity contribution >= 4 is 23.7 Å². The molecule has 0 saturated carbocycles. The maximum absolute atomic E-state index is 14.1. The molecule has 0 aliphatic carbocycles. The number of carbonyl (C=O) groups is 2. The first-order chi connectivity index (χ1) is 17.3. The van der Waals surface area contributed by atoms with E-state index in [0.29, 0.717) is 31.1 Å². The predicted molar refractivity (Wildman–Crippen MR) is 135 cm³/mol. The number of hydrogen-bond donors (Lipinski definition) is 4. The van der Waals surface area contributed by atoms with Crippen LogP contribution in [0.2, 0.25) is 5.02 Å². The average Bonchev–Trinajstić information content (AvgIpc) is 3.10. The van der Waals surface area contributed by atoms with Crippen molar-refractivity contribution in [1.29, 1.82) is 0 Å². The Morgan fingerprint density at radius 1 is 1.25 bits per heavy atom. The minimum Gasteiger partial charge on any atom is -0.465 e. The lowest BCUT2D eigenvalue weighted by molar-refractivity contribution is -0.00850. The normalized spacial score (nSPS) is 22.4. The Morgan fingerprint density at radius 3 is 2.86 bits per heavy atom. The summed E-state index contributed by atoms with van der Waals surface area (Å²) in [7, 11) is 0. The van der Waals surface area contributed by atoms with Crippen LogP contribution in [0.3, 0.4) is 0 Å². The van der Waals surface area contributed by atoms with Gasteiger partial charge in [0, 0.05) is 56.4 Å². The second kappa shape index (κ2) is 14.6. The highest BCUT2D eigenvalue weighted by atomic mass is 35.5. The zero-order valence-corrected chi connectivity index (χ0v) is 21.4. The Hall–Kier alpha value is -2.14. The highest BCUT2D eigenvalue weighted by molar-refractivity contribution is 6.30. The molecule has 0 bridgehead atoms. The van der Waals surface area contributed by atoms with E-state index in [0.717, 1.165) is 51.7 Å². The largest absolute Gasteiger partial charge is 0.465 e. The molecule has 0 spiro atoms. The highest BCUT2D eigenvalue weighted by Gasteiger charge is 2.32.